The Kier molecular flexibility index (Phi) is 5.79. The van der Waals surface area contributed by atoms with Crippen LogP contribution < -0.4 is 0 Å². The fraction of sp³-hybridized carbons (Fsp3) is 0.357. The topological polar surface area (TPSA) is 47.8 Å². The molecule has 0 aliphatic heterocycles. The third kappa shape index (κ3) is 4.45. The van der Waals surface area contributed by atoms with Gasteiger partial charge in [-0.25, -0.2) is 9.67 Å². The van der Waals surface area contributed by atoms with Crippen LogP contribution in [0.1, 0.15) is 19.2 Å². The summed E-state index contributed by atoms with van der Waals surface area (Å²) in [6, 6.07) is 7.96. The first-order valence-corrected chi connectivity index (χ1v) is 8.23. The van der Waals surface area contributed by atoms with Gasteiger partial charge in [-0.2, -0.15) is 5.10 Å². The lowest BCUT2D eigenvalue weighted by molar-refractivity contribution is -0.116. The molecular weight excluding hydrogens is 338 g/mol. The van der Waals surface area contributed by atoms with Crippen molar-refractivity contribution in [1.29, 1.82) is 0 Å². The normalized spacial score (nSPS) is 10.7. The van der Waals surface area contributed by atoms with Crippen LogP contribution in [-0.2, 0) is 17.8 Å². The summed E-state index contributed by atoms with van der Waals surface area (Å²) in [6.07, 6.45) is 2.85. The third-order valence-corrected chi connectivity index (χ3v) is 4.30. The van der Waals surface area contributed by atoms with E-state index in [9.17, 15) is 4.79 Å². The van der Waals surface area contributed by atoms with E-state index in [0.29, 0.717) is 12.2 Å². The van der Waals surface area contributed by atoms with Crippen molar-refractivity contribution in [3.8, 4) is 0 Å². The van der Waals surface area contributed by atoms with E-state index >= 15 is 0 Å². The molecule has 2 aromatic rings. The molecule has 106 valence electrons. The maximum Gasteiger partial charge on any atom is 0.150 e. The molecule has 1 aromatic carbocycles. The maximum absolute atomic E-state index is 12.0. The molecule has 1 aromatic heterocycles. The number of rotatable bonds is 7. The lowest BCUT2D eigenvalue weighted by Gasteiger charge is -2.04. The molecule has 0 aliphatic rings. The number of hydrogen-bond donors (Lipinski definition) is 0. The Morgan fingerprint density at radius 3 is 2.80 bits per heavy atom. The molecule has 20 heavy (non-hydrogen) atoms. The van der Waals surface area contributed by atoms with E-state index in [0.717, 1.165) is 28.2 Å². The van der Waals surface area contributed by atoms with Crippen LogP contribution in [0.15, 0.2) is 40.0 Å². The van der Waals surface area contributed by atoms with Crippen LogP contribution in [0, 0.1) is 0 Å². The van der Waals surface area contributed by atoms with Crippen molar-refractivity contribution in [2.75, 3.05) is 5.75 Å². The number of nitrogens with zero attached hydrogens (tertiary/aromatic N) is 3. The molecule has 0 radical (unpaired) electrons. The standard InChI is InChI=1S/C14H16BrN3OS/c1-2-7-18-14(16-10-17-18)8-12(19)9-20-13-5-3-11(15)4-6-13/h3-6,10H,2,7-9H2,1H3. The molecular formula is C14H16BrN3OS. The smallest absolute Gasteiger partial charge is 0.150 e. The first-order chi connectivity index (χ1) is 9.69. The number of halogens is 1. The summed E-state index contributed by atoms with van der Waals surface area (Å²) in [4.78, 5) is 17.2. The lowest BCUT2D eigenvalue weighted by Crippen LogP contribution is -2.12. The Bertz CT molecular complexity index is 568. The van der Waals surface area contributed by atoms with Gasteiger partial charge < -0.3 is 0 Å². The van der Waals surface area contributed by atoms with Crippen LogP contribution >= 0.6 is 27.7 Å². The van der Waals surface area contributed by atoms with E-state index in [1.54, 1.807) is 11.8 Å². The van der Waals surface area contributed by atoms with Gasteiger partial charge in [0.25, 0.3) is 0 Å². The first-order valence-electron chi connectivity index (χ1n) is 6.45. The summed E-state index contributed by atoms with van der Waals surface area (Å²) in [5.74, 6) is 1.39. The number of Topliss-reactive ketones (excluding diaryl/α,β-unsaturated/α-hetero) is 1. The molecule has 0 bridgehead atoms. The zero-order valence-electron chi connectivity index (χ0n) is 11.3. The molecule has 0 atom stereocenters. The number of ketones is 1. The second-order valence-corrected chi connectivity index (χ2v) is 6.32. The van der Waals surface area contributed by atoms with Gasteiger partial charge in [0.2, 0.25) is 0 Å². The minimum absolute atomic E-state index is 0.170. The van der Waals surface area contributed by atoms with Crippen molar-refractivity contribution in [3.63, 3.8) is 0 Å². The van der Waals surface area contributed by atoms with Crippen molar-refractivity contribution in [2.45, 2.75) is 31.2 Å². The van der Waals surface area contributed by atoms with Crippen LogP contribution in [0.3, 0.4) is 0 Å². The van der Waals surface area contributed by atoms with E-state index in [2.05, 4.69) is 32.9 Å². The Morgan fingerprint density at radius 2 is 2.10 bits per heavy atom. The number of thioether (sulfide) groups is 1. The van der Waals surface area contributed by atoms with Crippen LogP contribution in [-0.4, -0.2) is 26.3 Å². The van der Waals surface area contributed by atoms with Gasteiger partial charge >= 0.3 is 0 Å². The molecule has 0 spiro atoms. The number of benzene rings is 1. The average molecular weight is 354 g/mol. The number of carbonyl (C=O) groups excluding carboxylic acids is 1. The zero-order chi connectivity index (χ0) is 14.4. The highest BCUT2D eigenvalue weighted by Gasteiger charge is 2.10. The van der Waals surface area contributed by atoms with Crippen molar-refractivity contribution in [3.05, 3.63) is 40.9 Å². The lowest BCUT2D eigenvalue weighted by atomic mass is 10.3. The van der Waals surface area contributed by atoms with Crippen LogP contribution in [0.2, 0.25) is 0 Å². The van der Waals surface area contributed by atoms with Crippen molar-refractivity contribution < 1.29 is 4.79 Å². The van der Waals surface area contributed by atoms with Crippen molar-refractivity contribution >= 4 is 33.5 Å². The summed E-state index contributed by atoms with van der Waals surface area (Å²) in [7, 11) is 0. The largest absolute Gasteiger partial charge is 0.298 e. The van der Waals surface area contributed by atoms with Gasteiger partial charge in [-0.15, -0.1) is 11.8 Å². The fourth-order valence-electron chi connectivity index (χ4n) is 1.75. The summed E-state index contributed by atoms with van der Waals surface area (Å²) in [5, 5.41) is 4.13. The molecule has 0 N–H and O–H groups in total. The predicted molar refractivity (Wildman–Crippen MR) is 83.9 cm³/mol. The molecule has 2 rings (SSSR count). The molecule has 1 heterocycles. The van der Waals surface area contributed by atoms with E-state index in [1.807, 2.05) is 28.9 Å². The summed E-state index contributed by atoms with van der Waals surface area (Å²) in [6.45, 7) is 2.89. The van der Waals surface area contributed by atoms with Gasteiger partial charge in [-0.3, -0.25) is 4.79 Å². The monoisotopic (exact) mass is 353 g/mol. The molecule has 0 unspecified atom stereocenters. The average Bonchev–Trinajstić information content (AvgIpc) is 2.86. The Morgan fingerprint density at radius 1 is 1.35 bits per heavy atom. The highest BCUT2D eigenvalue weighted by atomic mass is 79.9. The molecule has 6 heteroatoms. The predicted octanol–water partition coefficient (Wildman–Crippen LogP) is 3.35. The second kappa shape index (κ2) is 7.59. The minimum Gasteiger partial charge on any atom is -0.298 e. The second-order valence-electron chi connectivity index (χ2n) is 4.36. The van der Waals surface area contributed by atoms with E-state index in [-0.39, 0.29) is 5.78 Å². The Balaban J connectivity index is 1.86. The van der Waals surface area contributed by atoms with Crippen LogP contribution in [0.5, 0.6) is 0 Å². The van der Waals surface area contributed by atoms with E-state index in [4.69, 9.17) is 0 Å². The molecule has 0 saturated carbocycles. The third-order valence-electron chi connectivity index (χ3n) is 2.70. The zero-order valence-corrected chi connectivity index (χ0v) is 13.7. The van der Waals surface area contributed by atoms with Crippen molar-refractivity contribution in [2.24, 2.45) is 0 Å². The minimum atomic E-state index is 0.170. The number of hydrogen-bond acceptors (Lipinski definition) is 4. The van der Waals surface area contributed by atoms with Crippen molar-refractivity contribution in [1.82, 2.24) is 14.8 Å². The van der Waals surface area contributed by atoms with Gasteiger partial charge in [-0.1, -0.05) is 22.9 Å². The molecule has 4 nitrogen and oxygen atoms in total. The molecule has 0 amide bonds. The summed E-state index contributed by atoms with van der Waals surface area (Å²) < 4.78 is 2.85. The quantitative estimate of drug-likeness (QED) is 0.716. The van der Waals surface area contributed by atoms with E-state index < -0.39 is 0 Å². The van der Waals surface area contributed by atoms with Gasteiger partial charge in [0, 0.05) is 15.9 Å². The number of aromatic nitrogens is 3. The molecule has 0 saturated heterocycles. The van der Waals surface area contributed by atoms with Gasteiger partial charge in [0.1, 0.15) is 12.2 Å². The van der Waals surface area contributed by atoms with E-state index in [1.165, 1.54) is 6.33 Å². The van der Waals surface area contributed by atoms with Crippen LogP contribution in [0.25, 0.3) is 0 Å². The number of aryl methyl sites for hydroxylation is 1. The highest BCUT2D eigenvalue weighted by molar-refractivity contribution is 9.10. The fourth-order valence-corrected chi connectivity index (χ4v) is 2.77. The SMILES string of the molecule is CCCn1ncnc1CC(=O)CSc1ccc(Br)cc1. The summed E-state index contributed by atoms with van der Waals surface area (Å²) >= 11 is 4.94. The first kappa shape index (κ1) is 15.3. The van der Waals surface area contributed by atoms with Gasteiger partial charge in [0.05, 0.1) is 12.2 Å². The van der Waals surface area contributed by atoms with Gasteiger partial charge in [-0.05, 0) is 30.7 Å². The maximum atomic E-state index is 12.0. The Hall–Kier alpha value is -1.14. The Labute approximate surface area is 131 Å². The molecule has 0 fully saturated rings. The highest BCUT2D eigenvalue weighted by Crippen LogP contribution is 2.20. The number of carbonyl (C=O) groups is 1. The summed E-state index contributed by atoms with van der Waals surface area (Å²) in [5.41, 5.74) is 0. The van der Waals surface area contributed by atoms with Gasteiger partial charge in [0.15, 0.2) is 5.78 Å². The van der Waals surface area contributed by atoms with Crippen LogP contribution in [0.4, 0.5) is 0 Å². The molecule has 0 aliphatic carbocycles.